The maximum atomic E-state index is 5.51. The Morgan fingerprint density at radius 2 is 2.00 bits per heavy atom. The Balaban J connectivity index is 1.60. The van der Waals surface area contributed by atoms with Gasteiger partial charge in [0, 0.05) is 23.9 Å². The van der Waals surface area contributed by atoms with Crippen LogP contribution in [0, 0.1) is 5.92 Å². The van der Waals surface area contributed by atoms with Crippen molar-refractivity contribution in [2.24, 2.45) is 11.1 Å². The summed E-state index contributed by atoms with van der Waals surface area (Å²) in [5.41, 5.74) is 8.90. The first-order valence-corrected chi connectivity index (χ1v) is 6.59. The van der Waals surface area contributed by atoms with E-state index in [-0.39, 0.29) is 6.04 Å². The van der Waals surface area contributed by atoms with Crippen molar-refractivity contribution >= 4 is 5.71 Å². The van der Waals surface area contributed by atoms with E-state index in [1.165, 1.54) is 5.56 Å². The molecule has 4 heteroatoms. The Labute approximate surface area is 111 Å². The molecule has 2 N–H and O–H groups in total. The zero-order valence-corrected chi connectivity index (χ0v) is 10.4. The van der Waals surface area contributed by atoms with E-state index < -0.39 is 0 Å². The predicted octanol–water partition coefficient (Wildman–Crippen LogP) is 1.56. The molecule has 0 saturated carbocycles. The van der Waals surface area contributed by atoms with Crippen LogP contribution in [0.1, 0.15) is 5.56 Å². The molecule has 0 amide bonds. The van der Waals surface area contributed by atoms with Crippen LogP contribution in [0.15, 0.2) is 53.7 Å². The fourth-order valence-corrected chi connectivity index (χ4v) is 2.92. The van der Waals surface area contributed by atoms with E-state index in [9.17, 15) is 0 Å². The van der Waals surface area contributed by atoms with Crippen molar-refractivity contribution in [1.29, 1.82) is 0 Å². The third kappa shape index (κ3) is 1.80. The van der Waals surface area contributed by atoms with Gasteiger partial charge >= 0.3 is 0 Å². The van der Waals surface area contributed by atoms with Gasteiger partial charge in [-0.2, -0.15) is 0 Å². The van der Waals surface area contributed by atoms with Crippen LogP contribution in [0.25, 0.3) is 0 Å². The number of hydrogen-bond acceptors (Lipinski definition) is 4. The van der Waals surface area contributed by atoms with Gasteiger partial charge in [-0.25, -0.2) is 10.9 Å². The average Bonchev–Trinajstić information content (AvgIpc) is 2.91. The van der Waals surface area contributed by atoms with Gasteiger partial charge in [-0.3, -0.25) is 0 Å². The summed E-state index contributed by atoms with van der Waals surface area (Å²) < 4.78 is 0. The first-order valence-electron chi connectivity index (χ1n) is 6.59. The Bertz CT molecular complexity index is 591. The van der Waals surface area contributed by atoms with Gasteiger partial charge in [0.25, 0.3) is 0 Å². The minimum absolute atomic E-state index is 0.194. The molecule has 1 aromatic carbocycles. The van der Waals surface area contributed by atoms with Gasteiger partial charge in [-0.15, -0.1) is 0 Å². The number of nitrogens with one attached hydrogen (secondary N) is 2. The molecule has 4 rings (SSSR count). The van der Waals surface area contributed by atoms with Crippen LogP contribution in [-0.2, 0) is 6.42 Å². The number of hydrogen-bond donors (Lipinski definition) is 2. The summed E-state index contributed by atoms with van der Waals surface area (Å²) in [6.07, 6.45) is 9.42. The van der Waals surface area contributed by atoms with Gasteiger partial charge in [0.05, 0.1) is 11.8 Å². The number of para-hydroxylation sites is 1. The highest BCUT2D eigenvalue weighted by atomic mass is 16.6. The van der Waals surface area contributed by atoms with Crippen LogP contribution in [0.2, 0.25) is 0 Å². The van der Waals surface area contributed by atoms with Gasteiger partial charge < -0.3 is 4.84 Å². The zero-order valence-electron chi connectivity index (χ0n) is 10.4. The molecule has 0 spiro atoms. The average molecular weight is 253 g/mol. The van der Waals surface area contributed by atoms with Crippen LogP contribution >= 0.6 is 0 Å². The van der Waals surface area contributed by atoms with Crippen molar-refractivity contribution in [3.05, 3.63) is 54.1 Å². The number of benzene rings is 1. The second kappa shape index (κ2) is 4.33. The number of oxime groups is 1. The molecule has 3 aliphatic rings. The first-order chi connectivity index (χ1) is 9.42. The number of rotatable bonds is 1. The van der Waals surface area contributed by atoms with Gasteiger partial charge in [0.1, 0.15) is 0 Å². The Kier molecular flexibility index (Phi) is 2.50. The number of hydrazine groups is 1. The van der Waals surface area contributed by atoms with Gasteiger partial charge in [0.2, 0.25) is 0 Å². The lowest BCUT2D eigenvalue weighted by Gasteiger charge is -2.23. The van der Waals surface area contributed by atoms with E-state index in [2.05, 4.69) is 46.4 Å². The summed E-state index contributed by atoms with van der Waals surface area (Å²) in [6, 6.07) is 8.61. The molecule has 96 valence electrons. The minimum Gasteiger partial charge on any atom is -0.357 e. The maximum Gasteiger partial charge on any atom is 0.161 e. The molecule has 0 aromatic heterocycles. The quantitative estimate of drug-likeness (QED) is 0.798. The van der Waals surface area contributed by atoms with Crippen LogP contribution in [0.5, 0.6) is 5.75 Å². The third-order valence-electron chi connectivity index (χ3n) is 3.93. The van der Waals surface area contributed by atoms with Crippen LogP contribution in [0.4, 0.5) is 0 Å². The molecule has 0 radical (unpaired) electrons. The van der Waals surface area contributed by atoms with Gasteiger partial charge in [-0.05, 0) is 6.07 Å². The van der Waals surface area contributed by atoms with Crippen molar-refractivity contribution < 1.29 is 4.84 Å². The molecule has 3 atom stereocenters. The van der Waals surface area contributed by atoms with Crippen molar-refractivity contribution in [3.8, 4) is 5.75 Å². The van der Waals surface area contributed by atoms with Crippen LogP contribution < -0.4 is 15.7 Å². The molecule has 0 bridgehead atoms. The lowest BCUT2D eigenvalue weighted by molar-refractivity contribution is 0.325. The molecular weight excluding hydrogens is 238 g/mol. The summed E-state index contributed by atoms with van der Waals surface area (Å²) in [5.74, 6) is 1.27. The second-order valence-corrected chi connectivity index (χ2v) is 5.10. The lowest BCUT2D eigenvalue weighted by Crippen LogP contribution is -2.40. The van der Waals surface area contributed by atoms with Crippen molar-refractivity contribution in [1.82, 2.24) is 10.9 Å². The monoisotopic (exact) mass is 253 g/mol. The van der Waals surface area contributed by atoms with E-state index in [1.807, 2.05) is 18.2 Å². The predicted molar refractivity (Wildman–Crippen MR) is 73.8 cm³/mol. The highest BCUT2D eigenvalue weighted by molar-refractivity contribution is 5.93. The normalized spacial score (nSPS) is 31.4. The smallest absolute Gasteiger partial charge is 0.161 e. The molecule has 19 heavy (non-hydrogen) atoms. The second-order valence-electron chi connectivity index (χ2n) is 5.10. The third-order valence-corrected chi connectivity index (χ3v) is 3.93. The van der Waals surface area contributed by atoms with Crippen LogP contribution in [0.3, 0.4) is 0 Å². The SMILES string of the molecule is C1=CC2NNC(C3=NOc4ccccc4C3)C2C=C1. The molecule has 1 aromatic rings. The van der Waals surface area contributed by atoms with Crippen molar-refractivity contribution in [2.45, 2.75) is 18.5 Å². The topological polar surface area (TPSA) is 45.7 Å². The maximum absolute atomic E-state index is 5.51. The molecule has 1 saturated heterocycles. The molecule has 3 unspecified atom stereocenters. The molecule has 2 heterocycles. The molecule has 4 nitrogen and oxygen atoms in total. The summed E-state index contributed by atoms with van der Waals surface area (Å²) in [7, 11) is 0. The van der Waals surface area contributed by atoms with E-state index in [1.54, 1.807) is 0 Å². The minimum atomic E-state index is 0.194. The zero-order chi connectivity index (χ0) is 12.7. The first kappa shape index (κ1) is 11.0. The van der Waals surface area contributed by atoms with Gasteiger partial charge in [0.15, 0.2) is 5.75 Å². The van der Waals surface area contributed by atoms with Crippen molar-refractivity contribution in [2.75, 3.05) is 0 Å². The Morgan fingerprint density at radius 3 is 3.00 bits per heavy atom. The molecule has 2 aliphatic heterocycles. The van der Waals surface area contributed by atoms with E-state index in [4.69, 9.17) is 4.84 Å². The Morgan fingerprint density at radius 1 is 1.11 bits per heavy atom. The summed E-state index contributed by atoms with van der Waals surface area (Å²) in [6.45, 7) is 0. The Hall–Kier alpha value is -1.91. The van der Waals surface area contributed by atoms with Gasteiger partial charge in [-0.1, -0.05) is 47.7 Å². The van der Waals surface area contributed by atoms with Crippen LogP contribution in [-0.4, -0.2) is 17.8 Å². The largest absolute Gasteiger partial charge is 0.357 e. The van der Waals surface area contributed by atoms with E-state index >= 15 is 0 Å². The summed E-state index contributed by atoms with van der Waals surface area (Å²) in [5, 5.41) is 4.30. The number of fused-ring (bicyclic) bond motifs is 2. The standard InChI is InChI=1S/C15H15N3O/c1-4-8-14-10(5-1)9-13(18-19-14)15-11-6-2-3-7-12(11)16-17-15/h1-8,11-12,15-17H,9H2. The number of nitrogens with zero attached hydrogens (tertiary/aromatic N) is 1. The highest BCUT2D eigenvalue weighted by Gasteiger charge is 2.37. The lowest BCUT2D eigenvalue weighted by atomic mass is 9.86. The molecule has 1 fully saturated rings. The van der Waals surface area contributed by atoms with E-state index in [0.717, 1.165) is 17.9 Å². The highest BCUT2D eigenvalue weighted by Crippen LogP contribution is 2.28. The molecule has 1 aliphatic carbocycles. The summed E-state index contributed by atoms with van der Waals surface area (Å²) >= 11 is 0. The fourth-order valence-electron chi connectivity index (χ4n) is 2.92. The van der Waals surface area contributed by atoms with E-state index in [0.29, 0.717) is 12.0 Å². The fraction of sp³-hybridized carbons (Fsp3) is 0.267. The summed E-state index contributed by atoms with van der Waals surface area (Å²) in [4.78, 5) is 5.51. The van der Waals surface area contributed by atoms with Crippen molar-refractivity contribution in [3.63, 3.8) is 0 Å². The molecular formula is C15H15N3O. The number of allylic oxidation sites excluding steroid dienone is 2.